The largest absolute Gasteiger partial charge is 0.497 e. The number of methoxy groups -OCH3 is 1. The first-order chi connectivity index (χ1) is 24.2. The van der Waals surface area contributed by atoms with E-state index in [9.17, 15) is 9.59 Å². The highest BCUT2D eigenvalue weighted by Gasteiger charge is 2.56. The van der Waals surface area contributed by atoms with E-state index in [0.717, 1.165) is 34.3 Å². The molecule has 276 valence electrons. The van der Waals surface area contributed by atoms with Crippen LogP contribution in [-0.2, 0) is 48.0 Å². The molecule has 5 atom stereocenters. The molecule has 0 spiro atoms. The predicted octanol–water partition coefficient (Wildman–Crippen LogP) is 9.29. The van der Waals surface area contributed by atoms with Gasteiger partial charge in [0, 0.05) is 24.2 Å². The second-order valence-electron chi connectivity index (χ2n) is 15.8. The molecule has 0 heterocycles. The van der Waals surface area contributed by atoms with Gasteiger partial charge in [0.15, 0.2) is 14.1 Å². The van der Waals surface area contributed by atoms with E-state index < -0.39 is 44.1 Å². The van der Waals surface area contributed by atoms with Gasteiger partial charge in [-0.3, -0.25) is 4.79 Å². The average Bonchev–Trinajstić information content (AvgIpc) is 3.10. The number of Topliss-reactive ketones (excluding diaryl/α,β-unsaturated/α-hetero) is 1. The fourth-order valence-corrected chi connectivity index (χ4v) is 7.86. The van der Waals surface area contributed by atoms with E-state index in [1.165, 1.54) is 0 Å². The van der Waals surface area contributed by atoms with Crippen molar-refractivity contribution in [2.75, 3.05) is 7.11 Å². The Morgan fingerprint density at radius 2 is 1.35 bits per heavy atom. The van der Waals surface area contributed by atoms with Gasteiger partial charge in [-0.1, -0.05) is 120 Å². The van der Waals surface area contributed by atoms with Crippen LogP contribution in [0.15, 0.2) is 97.1 Å². The van der Waals surface area contributed by atoms with Gasteiger partial charge < -0.3 is 28.2 Å². The molecule has 1 saturated carbocycles. The quantitative estimate of drug-likeness (QED) is 0.0831. The second-order valence-corrected chi connectivity index (χ2v) is 20.6. The molecule has 0 amide bonds. The molecule has 0 radical (unpaired) electrons. The molecular weight excluding hydrogens is 657 g/mol. The lowest BCUT2D eigenvalue weighted by Gasteiger charge is -2.52. The molecular formula is C43H58O7Si. The summed E-state index contributed by atoms with van der Waals surface area (Å²) < 4.78 is 33.4. The Morgan fingerprint density at radius 3 is 1.88 bits per heavy atom. The van der Waals surface area contributed by atoms with E-state index in [2.05, 4.69) is 54.3 Å². The van der Waals surface area contributed by atoms with Crippen molar-refractivity contribution in [3.63, 3.8) is 0 Å². The zero-order chi connectivity index (χ0) is 37.2. The predicted molar refractivity (Wildman–Crippen MR) is 205 cm³/mol. The highest BCUT2D eigenvalue weighted by molar-refractivity contribution is 6.74. The lowest BCUT2D eigenvalue weighted by Crippen LogP contribution is -2.63. The average molecular weight is 715 g/mol. The zero-order valence-corrected chi connectivity index (χ0v) is 32.9. The van der Waals surface area contributed by atoms with Gasteiger partial charge in [-0.2, -0.15) is 0 Å². The third kappa shape index (κ3) is 10.6. The molecule has 51 heavy (non-hydrogen) atoms. The Bertz CT molecular complexity index is 1550. The third-order valence-corrected chi connectivity index (χ3v) is 15.1. The Labute approximate surface area is 306 Å². The number of hydrogen-bond acceptors (Lipinski definition) is 7. The maximum absolute atomic E-state index is 14.8. The highest BCUT2D eigenvalue weighted by Crippen LogP contribution is 2.47. The fraction of sp³-hybridized carbons (Fsp3) is 0.488. The van der Waals surface area contributed by atoms with Crippen LogP contribution in [0.5, 0.6) is 5.75 Å². The first kappa shape index (κ1) is 40.4. The first-order valence-electron chi connectivity index (χ1n) is 18.1. The minimum absolute atomic E-state index is 0.0677. The zero-order valence-electron chi connectivity index (χ0n) is 31.9. The summed E-state index contributed by atoms with van der Waals surface area (Å²) in [6.07, 6.45) is -0.911. The molecule has 1 fully saturated rings. The van der Waals surface area contributed by atoms with Gasteiger partial charge >= 0.3 is 0 Å². The molecule has 0 saturated heterocycles. The number of ether oxygens (including phenoxy) is 4. The van der Waals surface area contributed by atoms with Crippen LogP contribution < -0.4 is 4.74 Å². The minimum Gasteiger partial charge on any atom is -0.497 e. The molecule has 3 aromatic rings. The van der Waals surface area contributed by atoms with E-state index in [-0.39, 0.29) is 23.8 Å². The van der Waals surface area contributed by atoms with E-state index in [4.69, 9.17) is 23.4 Å². The molecule has 0 aromatic heterocycles. The van der Waals surface area contributed by atoms with Gasteiger partial charge in [0.25, 0.3) is 0 Å². The smallest absolute Gasteiger partial charge is 0.192 e. The van der Waals surface area contributed by atoms with Crippen LogP contribution in [0.1, 0.15) is 70.6 Å². The molecule has 0 unspecified atom stereocenters. The van der Waals surface area contributed by atoms with E-state index in [0.29, 0.717) is 26.1 Å². The number of benzene rings is 3. The number of hydrogen-bond donors (Lipinski definition) is 0. The molecule has 8 heteroatoms. The summed E-state index contributed by atoms with van der Waals surface area (Å²) in [5.74, 6) is 0.264. The number of carbonyl (C=O) groups is 2. The van der Waals surface area contributed by atoms with Crippen molar-refractivity contribution < 1.29 is 33.0 Å². The van der Waals surface area contributed by atoms with Crippen LogP contribution in [0.4, 0.5) is 0 Å². The van der Waals surface area contributed by atoms with Gasteiger partial charge in [-0.05, 0) is 53.4 Å². The summed E-state index contributed by atoms with van der Waals surface area (Å²) in [4.78, 5) is 26.3. The summed E-state index contributed by atoms with van der Waals surface area (Å²) in [5.41, 5.74) is 2.94. The Kier molecular flexibility index (Phi) is 14.2. The van der Waals surface area contributed by atoms with E-state index in [1.807, 2.05) is 84.9 Å². The molecule has 1 aliphatic carbocycles. The Hall–Kier alpha value is -3.40. The van der Waals surface area contributed by atoms with Crippen molar-refractivity contribution in [1.29, 1.82) is 0 Å². The second kappa shape index (κ2) is 17.9. The normalized spacial score (nSPS) is 22.5. The van der Waals surface area contributed by atoms with E-state index >= 15 is 0 Å². The van der Waals surface area contributed by atoms with Crippen molar-refractivity contribution in [2.24, 2.45) is 11.3 Å². The number of carbonyl (C=O) groups excluding carboxylic acids is 2. The maximum atomic E-state index is 14.8. The van der Waals surface area contributed by atoms with Crippen LogP contribution in [0.25, 0.3) is 0 Å². The third-order valence-electron chi connectivity index (χ3n) is 10.7. The monoisotopic (exact) mass is 714 g/mol. The fourth-order valence-electron chi connectivity index (χ4n) is 6.45. The standard InChI is InChI=1S/C43H58O7Si/c1-31(17-16-26-44)36-27-37(45)39(48-29-33-20-14-11-15-21-33)41(50-51(8,9)42(2,3)4)43(5,6)40(38(36)47-28-32-18-12-10-13-19-32)49-30-34-22-24-35(46-7)25-23-34/h10-15,18-26,36,38-41H,1,16-17,27-30H2,2-9H3/t36-,38-,39-,40-,41-/m0/s1. The molecule has 3 aromatic carbocycles. The molecule has 0 aliphatic heterocycles. The number of ketones is 1. The van der Waals surface area contributed by atoms with Crippen LogP contribution >= 0.6 is 0 Å². The SMILES string of the molecule is C=C(CCC=O)[C@@H]1CC(=O)[C@H](OCc2ccccc2)[C@H](O[Si](C)(C)C(C)(C)C)C(C)(C)[C@@H](OCc2ccc(OC)cc2)[C@H]1OCc1ccccc1. The van der Waals surface area contributed by atoms with Crippen LogP contribution in [0, 0.1) is 11.3 Å². The van der Waals surface area contributed by atoms with E-state index in [1.54, 1.807) is 7.11 Å². The summed E-state index contributed by atoms with van der Waals surface area (Å²) in [5, 5.41) is -0.132. The summed E-state index contributed by atoms with van der Waals surface area (Å²) in [6, 6.07) is 27.7. The Balaban J connectivity index is 1.86. The van der Waals surface area contributed by atoms with Crippen molar-refractivity contribution >= 4 is 20.4 Å². The topological polar surface area (TPSA) is 80.3 Å². The van der Waals surface area contributed by atoms with Crippen LogP contribution in [-0.4, -0.2) is 51.9 Å². The first-order valence-corrected chi connectivity index (χ1v) is 21.0. The van der Waals surface area contributed by atoms with Gasteiger partial charge in [-0.15, -0.1) is 0 Å². The number of aldehydes is 1. The van der Waals surface area contributed by atoms with Gasteiger partial charge in [0.2, 0.25) is 0 Å². The molecule has 7 nitrogen and oxygen atoms in total. The molecule has 4 rings (SSSR count). The van der Waals surface area contributed by atoms with Gasteiger partial charge in [0.05, 0.1) is 45.2 Å². The van der Waals surface area contributed by atoms with Crippen LogP contribution in [0.2, 0.25) is 18.1 Å². The minimum atomic E-state index is -2.48. The van der Waals surface area contributed by atoms with Crippen molar-refractivity contribution in [3.05, 3.63) is 114 Å². The summed E-state index contributed by atoms with van der Waals surface area (Å²) >= 11 is 0. The van der Waals surface area contributed by atoms with Crippen molar-refractivity contribution in [1.82, 2.24) is 0 Å². The number of rotatable bonds is 16. The lowest BCUT2D eigenvalue weighted by molar-refractivity contribution is -0.201. The van der Waals surface area contributed by atoms with Crippen molar-refractivity contribution in [3.8, 4) is 5.75 Å². The van der Waals surface area contributed by atoms with Crippen LogP contribution in [0.3, 0.4) is 0 Å². The summed E-state index contributed by atoms with van der Waals surface area (Å²) in [6.45, 7) is 20.6. The Morgan fingerprint density at radius 1 is 0.824 bits per heavy atom. The molecule has 0 bridgehead atoms. The van der Waals surface area contributed by atoms with Crippen molar-refractivity contribution in [2.45, 2.75) is 116 Å². The summed E-state index contributed by atoms with van der Waals surface area (Å²) in [7, 11) is -0.827. The highest BCUT2D eigenvalue weighted by atomic mass is 28.4. The van der Waals surface area contributed by atoms with Gasteiger partial charge in [-0.25, -0.2) is 0 Å². The molecule has 0 N–H and O–H groups in total. The molecule has 1 aliphatic rings. The maximum Gasteiger partial charge on any atom is 0.192 e. The lowest BCUT2D eigenvalue weighted by atomic mass is 9.68. The van der Waals surface area contributed by atoms with Gasteiger partial charge in [0.1, 0.15) is 18.1 Å².